The zero-order valence-corrected chi connectivity index (χ0v) is 16.6. The van der Waals surface area contributed by atoms with E-state index in [0.717, 1.165) is 5.56 Å². The van der Waals surface area contributed by atoms with Crippen molar-refractivity contribution in [2.24, 2.45) is 0 Å². The van der Waals surface area contributed by atoms with Crippen LogP contribution >= 0.6 is 0 Å². The summed E-state index contributed by atoms with van der Waals surface area (Å²) in [5.41, 5.74) is 2.02. The minimum absolute atomic E-state index is 0.171. The van der Waals surface area contributed by atoms with E-state index in [9.17, 15) is 9.18 Å². The fourth-order valence-corrected chi connectivity index (χ4v) is 2.85. The summed E-state index contributed by atoms with van der Waals surface area (Å²) in [7, 11) is 0. The number of H-pyrrole nitrogens is 1. The van der Waals surface area contributed by atoms with E-state index in [-0.39, 0.29) is 12.4 Å². The molecule has 0 unspecified atom stereocenters. The third kappa shape index (κ3) is 5.21. The van der Waals surface area contributed by atoms with Crippen LogP contribution in [0.2, 0.25) is 0 Å². The average Bonchev–Trinajstić information content (AvgIpc) is 3.20. The molecule has 0 bridgehead atoms. The van der Waals surface area contributed by atoms with Gasteiger partial charge in [0.1, 0.15) is 17.4 Å². The Balaban J connectivity index is 1.39. The number of benzene rings is 2. The molecule has 2 aromatic carbocycles. The molecule has 9 heteroatoms. The molecule has 0 atom stereocenters. The molecule has 2 amide bonds. The van der Waals surface area contributed by atoms with Crippen LogP contribution < -0.4 is 15.4 Å². The van der Waals surface area contributed by atoms with Gasteiger partial charge in [0, 0.05) is 35.6 Å². The van der Waals surface area contributed by atoms with Gasteiger partial charge in [-0.2, -0.15) is 5.10 Å². The number of carbonyl (C=O) groups excluding carboxylic acids is 1. The monoisotopic (exact) mass is 418 g/mol. The number of aromatic amines is 1. The second-order valence-corrected chi connectivity index (χ2v) is 6.66. The van der Waals surface area contributed by atoms with Crippen LogP contribution in [0, 0.1) is 12.7 Å². The molecule has 0 fully saturated rings. The predicted molar refractivity (Wildman–Crippen MR) is 113 cm³/mol. The molecule has 2 aromatic heterocycles. The molecule has 0 radical (unpaired) electrons. The number of urea groups is 1. The van der Waals surface area contributed by atoms with Crippen LogP contribution in [0.4, 0.5) is 14.9 Å². The Labute approximate surface area is 177 Å². The zero-order valence-electron chi connectivity index (χ0n) is 16.6. The van der Waals surface area contributed by atoms with E-state index in [1.54, 1.807) is 42.6 Å². The minimum atomic E-state index is -0.407. The Bertz CT molecular complexity index is 1210. The van der Waals surface area contributed by atoms with Crippen LogP contribution in [0.15, 0.2) is 66.9 Å². The fraction of sp³-hybridized carbons (Fsp3) is 0.0909. The van der Waals surface area contributed by atoms with Gasteiger partial charge in [-0.05, 0) is 37.3 Å². The molecule has 0 aliphatic heterocycles. The lowest BCUT2D eigenvalue weighted by atomic mass is 10.2. The SMILES string of the molecule is Cc1nc(-c2cccc(NC(=O)NCc3cccnc3Oc3cccc(F)c3)c2)n[nH]1. The van der Waals surface area contributed by atoms with Crippen LogP contribution in [0.3, 0.4) is 0 Å². The van der Waals surface area contributed by atoms with Crippen molar-refractivity contribution in [3.63, 3.8) is 0 Å². The standard InChI is InChI=1S/C22H19FN6O2/c1-14-26-20(29-28-14)15-5-2-8-18(11-15)27-22(30)25-13-16-6-4-10-24-21(16)31-19-9-3-7-17(23)12-19/h2-12H,13H2,1H3,(H2,25,27,30)(H,26,28,29). The Hall–Kier alpha value is -4.27. The van der Waals surface area contributed by atoms with Gasteiger partial charge in [0.15, 0.2) is 5.82 Å². The summed E-state index contributed by atoms with van der Waals surface area (Å²) in [5, 5.41) is 12.5. The molecule has 0 aliphatic rings. The van der Waals surface area contributed by atoms with E-state index in [1.807, 2.05) is 19.1 Å². The van der Waals surface area contributed by atoms with E-state index in [2.05, 4.69) is 30.8 Å². The van der Waals surface area contributed by atoms with Crippen molar-refractivity contribution in [2.45, 2.75) is 13.5 Å². The summed E-state index contributed by atoms with van der Waals surface area (Å²) in [5.74, 6) is 1.46. The Kier molecular flexibility index (Phi) is 5.84. The smallest absolute Gasteiger partial charge is 0.319 e. The molecule has 31 heavy (non-hydrogen) atoms. The van der Waals surface area contributed by atoms with Crippen molar-refractivity contribution in [3.8, 4) is 23.0 Å². The molecular weight excluding hydrogens is 399 g/mol. The lowest BCUT2D eigenvalue weighted by molar-refractivity contribution is 0.251. The van der Waals surface area contributed by atoms with Crippen LogP contribution in [0.1, 0.15) is 11.4 Å². The van der Waals surface area contributed by atoms with E-state index in [4.69, 9.17) is 4.74 Å². The van der Waals surface area contributed by atoms with E-state index in [0.29, 0.717) is 28.6 Å². The first-order valence-electron chi connectivity index (χ1n) is 9.48. The number of nitrogens with one attached hydrogen (secondary N) is 3. The number of rotatable bonds is 6. The normalized spacial score (nSPS) is 10.5. The lowest BCUT2D eigenvalue weighted by Crippen LogP contribution is -2.28. The second kappa shape index (κ2) is 9.04. The first kappa shape index (κ1) is 20.0. The van der Waals surface area contributed by atoms with Gasteiger partial charge >= 0.3 is 6.03 Å². The number of hydrogen-bond acceptors (Lipinski definition) is 5. The van der Waals surface area contributed by atoms with Crippen molar-refractivity contribution in [2.75, 3.05) is 5.32 Å². The molecular formula is C22H19FN6O2. The van der Waals surface area contributed by atoms with Crippen molar-refractivity contribution in [3.05, 3.63) is 84.1 Å². The minimum Gasteiger partial charge on any atom is -0.439 e. The third-order valence-corrected chi connectivity index (χ3v) is 4.28. The van der Waals surface area contributed by atoms with Gasteiger partial charge in [-0.15, -0.1) is 0 Å². The van der Waals surface area contributed by atoms with Crippen LogP contribution in [-0.4, -0.2) is 26.2 Å². The topological polar surface area (TPSA) is 105 Å². The summed E-state index contributed by atoms with van der Waals surface area (Å²) >= 11 is 0. The summed E-state index contributed by atoms with van der Waals surface area (Å²) in [6.07, 6.45) is 1.56. The maximum absolute atomic E-state index is 13.4. The predicted octanol–water partition coefficient (Wildman–Crippen LogP) is 4.43. The van der Waals surface area contributed by atoms with Crippen molar-refractivity contribution >= 4 is 11.7 Å². The Morgan fingerprint density at radius 2 is 2.00 bits per heavy atom. The molecule has 156 valence electrons. The van der Waals surface area contributed by atoms with Gasteiger partial charge in [-0.3, -0.25) is 5.10 Å². The van der Waals surface area contributed by atoms with Gasteiger partial charge in [0.2, 0.25) is 5.88 Å². The average molecular weight is 418 g/mol. The number of anilines is 1. The van der Waals surface area contributed by atoms with Crippen LogP contribution in [-0.2, 0) is 6.54 Å². The van der Waals surface area contributed by atoms with Crippen molar-refractivity contribution in [1.82, 2.24) is 25.5 Å². The third-order valence-electron chi connectivity index (χ3n) is 4.28. The number of aryl methyl sites for hydroxylation is 1. The summed E-state index contributed by atoms with van der Waals surface area (Å²) in [6, 6.07) is 16.1. The first-order valence-corrected chi connectivity index (χ1v) is 9.48. The van der Waals surface area contributed by atoms with E-state index < -0.39 is 11.8 Å². The number of ether oxygens (including phenoxy) is 1. The molecule has 0 spiro atoms. The summed E-state index contributed by atoms with van der Waals surface area (Å²) < 4.78 is 19.1. The fourth-order valence-electron chi connectivity index (χ4n) is 2.85. The summed E-state index contributed by atoms with van der Waals surface area (Å²) in [4.78, 5) is 20.8. The Morgan fingerprint density at radius 3 is 2.81 bits per heavy atom. The lowest BCUT2D eigenvalue weighted by Gasteiger charge is -2.12. The first-order chi connectivity index (χ1) is 15.1. The van der Waals surface area contributed by atoms with Crippen LogP contribution in [0.5, 0.6) is 11.6 Å². The number of pyridine rings is 1. The van der Waals surface area contributed by atoms with E-state index in [1.165, 1.54) is 12.1 Å². The number of amides is 2. The zero-order chi connectivity index (χ0) is 21.6. The molecule has 3 N–H and O–H groups in total. The molecule has 0 saturated carbocycles. The number of carbonyl (C=O) groups is 1. The van der Waals surface area contributed by atoms with Gasteiger partial charge in [-0.1, -0.05) is 24.3 Å². The largest absolute Gasteiger partial charge is 0.439 e. The van der Waals surface area contributed by atoms with Crippen molar-refractivity contribution < 1.29 is 13.9 Å². The molecule has 0 saturated heterocycles. The maximum atomic E-state index is 13.4. The quantitative estimate of drug-likeness (QED) is 0.430. The van der Waals surface area contributed by atoms with Gasteiger partial charge in [0.05, 0.1) is 0 Å². The second-order valence-electron chi connectivity index (χ2n) is 6.66. The number of halogens is 1. The van der Waals surface area contributed by atoms with Gasteiger partial charge in [0.25, 0.3) is 0 Å². The van der Waals surface area contributed by atoms with Crippen molar-refractivity contribution in [1.29, 1.82) is 0 Å². The molecule has 2 heterocycles. The highest BCUT2D eigenvalue weighted by molar-refractivity contribution is 5.89. The van der Waals surface area contributed by atoms with Gasteiger partial charge < -0.3 is 15.4 Å². The Morgan fingerprint density at radius 1 is 1.13 bits per heavy atom. The highest BCUT2D eigenvalue weighted by Gasteiger charge is 2.10. The maximum Gasteiger partial charge on any atom is 0.319 e. The molecule has 0 aliphatic carbocycles. The van der Waals surface area contributed by atoms with Gasteiger partial charge in [-0.25, -0.2) is 19.2 Å². The molecule has 4 rings (SSSR count). The summed E-state index contributed by atoms with van der Waals surface area (Å²) in [6.45, 7) is 1.99. The molecule has 4 aromatic rings. The highest BCUT2D eigenvalue weighted by Crippen LogP contribution is 2.23. The highest BCUT2D eigenvalue weighted by atomic mass is 19.1. The number of aromatic nitrogens is 4. The van der Waals surface area contributed by atoms with E-state index >= 15 is 0 Å². The number of nitrogens with zero attached hydrogens (tertiary/aromatic N) is 3. The molecule has 8 nitrogen and oxygen atoms in total. The van der Waals surface area contributed by atoms with Crippen LogP contribution in [0.25, 0.3) is 11.4 Å². The number of hydrogen-bond donors (Lipinski definition) is 3.